The molecule has 1 N–H and O–H groups in total. The second-order valence-corrected chi connectivity index (χ2v) is 10.8. The van der Waals surface area contributed by atoms with Gasteiger partial charge in [-0.3, -0.25) is 14.4 Å². The fourth-order valence-electron chi connectivity index (χ4n) is 4.37. The number of nitrogens with zero attached hydrogens (tertiary/aromatic N) is 1. The quantitative estimate of drug-likeness (QED) is 0.567. The van der Waals surface area contributed by atoms with Crippen LogP contribution >= 0.6 is 0 Å². The van der Waals surface area contributed by atoms with Crippen LogP contribution in [0.4, 0.5) is 0 Å². The molecule has 2 atom stereocenters. The molecule has 9 heteroatoms. The molecule has 8 nitrogen and oxygen atoms in total. The molecular weight excluding hydrogens is 468 g/mol. The van der Waals surface area contributed by atoms with E-state index in [0.29, 0.717) is 24.2 Å². The van der Waals surface area contributed by atoms with Crippen molar-refractivity contribution in [1.29, 1.82) is 0 Å². The minimum atomic E-state index is -3.76. The third-order valence-electron chi connectivity index (χ3n) is 6.03. The van der Waals surface area contributed by atoms with Gasteiger partial charge in [0.2, 0.25) is 11.8 Å². The largest absolute Gasteiger partial charge is 0.488 e. The first kappa shape index (κ1) is 24.7. The number of nitrogens with one attached hydrogen (secondary N) is 1. The van der Waals surface area contributed by atoms with Gasteiger partial charge in [-0.1, -0.05) is 60.7 Å². The van der Waals surface area contributed by atoms with Crippen LogP contribution in [0.2, 0.25) is 0 Å². The third-order valence-corrected chi connectivity index (χ3v) is 7.65. The summed E-state index contributed by atoms with van der Waals surface area (Å²) >= 11 is 0. The highest BCUT2D eigenvalue weighted by atomic mass is 32.2. The number of sulfone groups is 1. The molecule has 2 aliphatic rings. The van der Waals surface area contributed by atoms with E-state index in [-0.39, 0.29) is 31.1 Å². The highest BCUT2D eigenvalue weighted by molar-refractivity contribution is 7.90. The highest BCUT2D eigenvalue weighted by Crippen LogP contribution is 2.26. The average Bonchev–Trinajstić information content (AvgIpc) is 3.24. The Kier molecular flexibility index (Phi) is 7.65. The van der Waals surface area contributed by atoms with Crippen molar-refractivity contribution < 1.29 is 27.5 Å². The molecule has 35 heavy (non-hydrogen) atoms. The number of aryl methyl sites for hydroxylation is 1. The third kappa shape index (κ3) is 6.36. The Morgan fingerprint density at radius 1 is 1.03 bits per heavy atom. The summed E-state index contributed by atoms with van der Waals surface area (Å²) < 4.78 is 31.4. The van der Waals surface area contributed by atoms with Crippen LogP contribution in [0.5, 0.6) is 0 Å². The van der Waals surface area contributed by atoms with Crippen molar-refractivity contribution in [2.75, 3.05) is 18.9 Å². The van der Waals surface area contributed by atoms with Crippen LogP contribution in [0.25, 0.3) is 0 Å². The Morgan fingerprint density at radius 3 is 2.37 bits per heavy atom. The molecule has 2 aromatic carbocycles. The molecular formula is C26H28N2O6S. The number of hydrogen-bond donors (Lipinski definition) is 1. The molecule has 2 unspecified atom stereocenters. The first-order chi connectivity index (χ1) is 16.8. The molecule has 0 bridgehead atoms. The topological polar surface area (TPSA) is 110 Å². The Balaban J connectivity index is 1.51. The van der Waals surface area contributed by atoms with Crippen molar-refractivity contribution in [2.45, 2.75) is 37.1 Å². The van der Waals surface area contributed by atoms with Crippen molar-refractivity contribution in [3.8, 4) is 0 Å². The summed E-state index contributed by atoms with van der Waals surface area (Å²) in [5.74, 6) is -1.68. The SMILES string of the molecule is O=C(CCc1ccccc1)NC(CS(=O)(=O)Cc1ccccc1)C(=O)N1CCC=C2OCC(=O)C21. The number of ether oxygens (including phenoxy) is 1. The van der Waals surface area contributed by atoms with Gasteiger partial charge >= 0.3 is 0 Å². The lowest BCUT2D eigenvalue weighted by Crippen LogP contribution is -2.56. The van der Waals surface area contributed by atoms with E-state index in [9.17, 15) is 22.8 Å². The minimum Gasteiger partial charge on any atom is -0.488 e. The fourth-order valence-corrected chi connectivity index (χ4v) is 5.92. The highest BCUT2D eigenvalue weighted by Gasteiger charge is 2.43. The van der Waals surface area contributed by atoms with Crippen molar-refractivity contribution in [1.82, 2.24) is 10.2 Å². The van der Waals surface area contributed by atoms with Gasteiger partial charge < -0.3 is 15.0 Å². The van der Waals surface area contributed by atoms with E-state index in [1.807, 2.05) is 30.3 Å². The zero-order valence-corrected chi connectivity index (χ0v) is 20.1. The van der Waals surface area contributed by atoms with Crippen LogP contribution in [0, 0.1) is 0 Å². The van der Waals surface area contributed by atoms with E-state index < -0.39 is 39.5 Å². The molecule has 4 rings (SSSR count). The predicted octanol–water partition coefficient (Wildman–Crippen LogP) is 1.80. The summed E-state index contributed by atoms with van der Waals surface area (Å²) in [6.45, 7) is 0.123. The zero-order valence-electron chi connectivity index (χ0n) is 19.3. The van der Waals surface area contributed by atoms with Gasteiger partial charge in [0.25, 0.3) is 0 Å². The summed E-state index contributed by atoms with van der Waals surface area (Å²) in [6, 6.07) is 15.9. The smallest absolute Gasteiger partial charge is 0.247 e. The molecule has 1 fully saturated rings. The minimum absolute atomic E-state index is 0.100. The number of fused-ring (bicyclic) bond motifs is 1. The van der Waals surface area contributed by atoms with Crippen molar-refractivity contribution in [3.05, 3.63) is 83.6 Å². The van der Waals surface area contributed by atoms with Crippen LogP contribution in [0.1, 0.15) is 24.0 Å². The lowest BCUT2D eigenvalue weighted by molar-refractivity contribution is -0.140. The van der Waals surface area contributed by atoms with Crippen LogP contribution in [0.3, 0.4) is 0 Å². The molecule has 0 saturated carbocycles. The summed E-state index contributed by atoms with van der Waals surface area (Å²) in [5, 5.41) is 2.64. The van der Waals surface area contributed by atoms with Crippen LogP contribution in [0.15, 0.2) is 72.5 Å². The molecule has 184 valence electrons. The van der Waals surface area contributed by atoms with E-state index in [1.165, 1.54) is 4.90 Å². The van der Waals surface area contributed by atoms with Gasteiger partial charge in [-0.2, -0.15) is 0 Å². The van der Waals surface area contributed by atoms with E-state index in [1.54, 1.807) is 36.4 Å². The monoisotopic (exact) mass is 496 g/mol. The summed E-state index contributed by atoms with van der Waals surface area (Å²) in [5.41, 5.74) is 1.55. The van der Waals surface area contributed by atoms with Gasteiger partial charge in [-0.15, -0.1) is 0 Å². The molecule has 2 aromatic rings. The number of amides is 2. The zero-order chi connectivity index (χ0) is 24.8. The Bertz CT molecular complexity index is 1210. The Hall–Kier alpha value is -3.46. The standard InChI is InChI=1S/C26H28N2O6S/c29-22-16-34-23-12-7-15-28(25(22)23)26(31)21(18-35(32,33)17-20-10-5-2-6-11-20)27-24(30)14-13-19-8-3-1-4-9-19/h1-6,8-12,21,25H,7,13-18H2,(H,27,30). The number of Topliss-reactive ketones (excluding diaryl/α,β-unsaturated/α-hetero) is 1. The molecule has 0 aliphatic carbocycles. The maximum absolute atomic E-state index is 13.5. The van der Waals surface area contributed by atoms with Crippen LogP contribution in [-0.2, 0) is 41.1 Å². The number of carbonyl (C=O) groups is 3. The Morgan fingerprint density at radius 2 is 1.69 bits per heavy atom. The normalized spacial score (nSPS) is 18.3. The van der Waals surface area contributed by atoms with Crippen LogP contribution in [-0.4, -0.2) is 61.9 Å². The lowest BCUT2D eigenvalue weighted by atomic mass is 10.0. The lowest BCUT2D eigenvalue weighted by Gasteiger charge is -2.33. The molecule has 2 heterocycles. The first-order valence-corrected chi connectivity index (χ1v) is 13.4. The van der Waals surface area contributed by atoms with Gasteiger partial charge in [0.15, 0.2) is 21.7 Å². The predicted molar refractivity (Wildman–Crippen MR) is 130 cm³/mol. The second kappa shape index (κ2) is 10.9. The van der Waals surface area contributed by atoms with E-state index in [4.69, 9.17) is 4.74 Å². The first-order valence-electron chi connectivity index (χ1n) is 11.6. The van der Waals surface area contributed by atoms with Crippen molar-refractivity contribution in [2.24, 2.45) is 0 Å². The summed E-state index contributed by atoms with van der Waals surface area (Å²) in [7, 11) is -3.76. The number of benzene rings is 2. The summed E-state index contributed by atoms with van der Waals surface area (Å²) in [6.07, 6.45) is 2.81. The summed E-state index contributed by atoms with van der Waals surface area (Å²) in [4.78, 5) is 40.0. The maximum atomic E-state index is 13.5. The molecule has 2 aliphatic heterocycles. The number of hydrogen-bond acceptors (Lipinski definition) is 6. The number of ketones is 1. The van der Waals surface area contributed by atoms with Gasteiger partial charge in [0, 0.05) is 13.0 Å². The molecule has 0 radical (unpaired) electrons. The average molecular weight is 497 g/mol. The van der Waals surface area contributed by atoms with Gasteiger partial charge in [-0.05, 0) is 30.0 Å². The molecule has 2 amide bonds. The van der Waals surface area contributed by atoms with E-state index in [2.05, 4.69) is 5.32 Å². The molecule has 0 aromatic heterocycles. The van der Waals surface area contributed by atoms with Gasteiger partial charge in [-0.25, -0.2) is 8.42 Å². The Labute approximate surface area is 204 Å². The van der Waals surface area contributed by atoms with Gasteiger partial charge in [0.1, 0.15) is 18.4 Å². The number of carbonyl (C=O) groups excluding carboxylic acids is 3. The molecule has 1 saturated heterocycles. The maximum Gasteiger partial charge on any atom is 0.247 e. The fraction of sp³-hybridized carbons (Fsp3) is 0.346. The van der Waals surface area contributed by atoms with Crippen molar-refractivity contribution in [3.63, 3.8) is 0 Å². The second-order valence-electron chi connectivity index (χ2n) is 8.73. The molecule has 0 spiro atoms. The number of rotatable bonds is 9. The van der Waals surface area contributed by atoms with Crippen LogP contribution < -0.4 is 5.32 Å². The van der Waals surface area contributed by atoms with E-state index >= 15 is 0 Å². The van der Waals surface area contributed by atoms with Gasteiger partial charge in [0.05, 0.1) is 11.5 Å². The van der Waals surface area contributed by atoms with Crippen molar-refractivity contribution >= 4 is 27.4 Å². The van der Waals surface area contributed by atoms with E-state index in [0.717, 1.165) is 5.56 Å².